The molecule has 0 atom stereocenters. The van der Waals surface area contributed by atoms with Gasteiger partial charge in [-0.25, -0.2) is 9.18 Å². The van der Waals surface area contributed by atoms with E-state index in [-0.39, 0.29) is 24.8 Å². The quantitative estimate of drug-likeness (QED) is 0.565. The fourth-order valence-corrected chi connectivity index (χ4v) is 4.86. The smallest absolute Gasteiger partial charge is 0.410 e. The van der Waals surface area contributed by atoms with Gasteiger partial charge in [-0.3, -0.25) is 4.79 Å². The Morgan fingerprint density at radius 1 is 1.24 bits per heavy atom. The van der Waals surface area contributed by atoms with Gasteiger partial charge >= 0.3 is 6.09 Å². The number of ether oxygens (including phenoxy) is 2. The summed E-state index contributed by atoms with van der Waals surface area (Å²) in [6.45, 7) is 7.60. The first-order chi connectivity index (χ1) is 15.6. The van der Waals surface area contributed by atoms with Crippen LogP contribution in [0.2, 0.25) is 0 Å². The Hall–Kier alpha value is -2.35. The molecular weight excluding hydrogens is 427 g/mol. The molecular formula is C25H37FN2O5. The van der Waals surface area contributed by atoms with Crippen LogP contribution in [0.3, 0.4) is 0 Å². The van der Waals surface area contributed by atoms with E-state index in [1.807, 2.05) is 25.7 Å². The van der Waals surface area contributed by atoms with Crippen LogP contribution in [0.4, 0.5) is 9.18 Å². The lowest BCUT2D eigenvalue weighted by molar-refractivity contribution is -0.0301. The van der Waals surface area contributed by atoms with E-state index in [1.165, 1.54) is 25.0 Å². The number of nitrogens with one attached hydrogen (secondary N) is 1. The van der Waals surface area contributed by atoms with E-state index in [0.29, 0.717) is 23.7 Å². The largest absolute Gasteiger partial charge is 0.493 e. The molecule has 1 aromatic rings. The molecule has 7 nitrogen and oxygen atoms in total. The predicted molar refractivity (Wildman–Crippen MR) is 123 cm³/mol. The number of benzene rings is 1. The van der Waals surface area contributed by atoms with Gasteiger partial charge in [0.2, 0.25) is 0 Å². The van der Waals surface area contributed by atoms with Crippen molar-refractivity contribution in [3.05, 3.63) is 29.6 Å². The molecule has 2 fully saturated rings. The molecule has 1 spiro atoms. The van der Waals surface area contributed by atoms with Crippen LogP contribution in [0.15, 0.2) is 18.2 Å². The number of aliphatic hydroxyl groups excluding tert-OH is 1. The average Bonchev–Trinajstić information content (AvgIpc) is 2.73. The zero-order chi connectivity index (χ0) is 24.1. The summed E-state index contributed by atoms with van der Waals surface area (Å²) in [5.41, 5.74) is -0.147. The van der Waals surface area contributed by atoms with Gasteiger partial charge in [0.05, 0.1) is 18.8 Å². The number of hydrogen-bond donors (Lipinski definition) is 2. The van der Waals surface area contributed by atoms with Crippen molar-refractivity contribution in [2.45, 2.75) is 64.9 Å². The first kappa shape index (κ1) is 25.3. The number of likely N-dealkylation sites (tertiary alicyclic amines) is 1. The minimum absolute atomic E-state index is 0.0618. The number of carbonyl (C=O) groups excluding carboxylic acids is 2. The van der Waals surface area contributed by atoms with Crippen LogP contribution >= 0.6 is 0 Å². The molecule has 0 radical (unpaired) electrons. The lowest BCUT2D eigenvalue weighted by atomic mass is 9.56. The molecule has 1 aliphatic carbocycles. The molecule has 1 saturated heterocycles. The maximum atomic E-state index is 14.2. The third-order valence-electron chi connectivity index (χ3n) is 6.53. The predicted octanol–water partition coefficient (Wildman–Crippen LogP) is 4.13. The number of nitrogens with zero attached hydrogens (tertiary/aromatic N) is 1. The molecule has 1 aromatic carbocycles. The Kier molecular flexibility index (Phi) is 8.21. The zero-order valence-corrected chi connectivity index (χ0v) is 20.0. The minimum Gasteiger partial charge on any atom is -0.493 e. The van der Waals surface area contributed by atoms with Crippen molar-refractivity contribution >= 4 is 12.0 Å². The third kappa shape index (κ3) is 7.06. The van der Waals surface area contributed by atoms with Crippen LogP contribution in [0.25, 0.3) is 0 Å². The molecule has 2 N–H and O–H groups in total. The molecule has 1 aliphatic heterocycles. The summed E-state index contributed by atoms with van der Waals surface area (Å²) in [6, 6.07) is 4.22. The highest BCUT2D eigenvalue weighted by Gasteiger charge is 2.46. The van der Waals surface area contributed by atoms with Crippen LogP contribution in [0.1, 0.15) is 69.7 Å². The molecule has 8 heteroatoms. The normalized spacial score (nSPS) is 18.0. The van der Waals surface area contributed by atoms with Crippen LogP contribution in [-0.4, -0.2) is 60.5 Å². The standard InChI is InChI=1S/C25H37FN2O5/c1-24(2,3)33-23(31)28-11-8-25(9-12-28)16-18(17-25)5-4-14-32-19-6-7-20(21(26)15-19)22(30)27-10-13-29/h6-7,15,18,29H,4-5,8-14,16-17H2,1-3H3,(H,27,30). The summed E-state index contributed by atoms with van der Waals surface area (Å²) >= 11 is 0. The maximum Gasteiger partial charge on any atom is 0.410 e. The van der Waals surface area contributed by atoms with E-state index < -0.39 is 17.3 Å². The van der Waals surface area contributed by atoms with Gasteiger partial charge < -0.3 is 24.8 Å². The first-order valence-electron chi connectivity index (χ1n) is 11.9. The van der Waals surface area contributed by atoms with Gasteiger partial charge in [0.25, 0.3) is 5.91 Å². The van der Waals surface area contributed by atoms with Gasteiger partial charge in [-0.2, -0.15) is 0 Å². The summed E-state index contributed by atoms with van der Waals surface area (Å²) in [4.78, 5) is 25.9. The van der Waals surface area contributed by atoms with E-state index in [1.54, 1.807) is 6.07 Å². The highest BCUT2D eigenvalue weighted by atomic mass is 19.1. The molecule has 2 aliphatic rings. The second-order valence-electron chi connectivity index (χ2n) is 10.4. The van der Waals surface area contributed by atoms with Crippen molar-refractivity contribution in [1.29, 1.82) is 0 Å². The molecule has 2 amide bonds. The van der Waals surface area contributed by atoms with Crippen molar-refractivity contribution in [2.24, 2.45) is 11.3 Å². The van der Waals surface area contributed by atoms with E-state index in [2.05, 4.69) is 5.32 Å². The Labute approximate surface area is 195 Å². The second kappa shape index (κ2) is 10.7. The van der Waals surface area contributed by atoms with Gasteiger partial charge in [0.1, 0.15) is 17.2 Å². The van der Waals surface area contributed by atoms with Gasteiger partial charge in [-0.1, -0.05) is 0 Å². The average molecular weight is 465 g/mol. The number of hydrogen-bond acceptors (Lipinski definition) is 5. The summed E-state index contributed by atoms with van der Waals surface area (Å²) in [6.07, 6.45) is 6.23. The highest BCUT2D eigenvalue weighted by Crippen LogP contribution is 2.54. The Morgan fingerprint density at radius 2 is 1.94 bits per heavy atom. The molecule has 1 saturated carbocycles. The number of rotatable bonds is 8. The van der Waals surface area contributed by atoms with Crippen LogP contribution in [0.5, 0.6) is 5.75 Å². The van der Waals surface area contributed by atoms with Gasteiger partial charge in [0.15, 0.2) is 0 Å². The molecule has 0 unspecified atom stereocenters. The molecule has 3 rings (SSSR count). The van der Waals surface area contributed by atoms with E-state index in [0.717, 1.165) is 38.8 Å². The summed E-state index contributed by atoms with van der Waals surface area (Å²) in [5.74, 6) is -0.104. The summed E-state index contributed by atoms with van der Waals surface area (Å²) < 4.78 is 25.3. The Morgan fingerprint density at radius 3 is 2.55 bits per heavy atom. The lowest BCUT2D eigenvalue weighted by Crippen LogP contribution is -2.49. The van der Waals surface area contributed by atoms with Crippen molar-refractivity contribution in [3.63, 3.8) is 0 Å². The maximum absolute atomic E-state index is 14.2. The number of halogens is 1. The fraction of sp³-hybridized carbons (Fsp3) is 0.680. The van der Waals surface area contributed by atoms with Gasteiger partial charge in [-0.05, 0) is 82.8 Å². The summed E-state index contributed by atoms with van der Waals surface area (Å²) in [7, 11) is 0. The molecule has 0 aromatic heterocycles. The minimum atomic E-state index is -0.637. The second-order valence-corrected chi connectivity index (χ2v) is 10.4. The Balaban J connectivity index is 1.32. The molecule has 184 valence electrons. The van der Waals surface area contributed by atoms with E-state index >= 15 is 0 Å². The fourth-order valence-electron chi connectivity index (χ4n) is 4.86. The number of piperidine rings is 1. The SMILES string of the molecule is CC(C)(C)OC(=O)N1CCC2(CC1)CC(CCCOc1ccc(C(=O)NCCO)c(F)c1)C2. The van der Waals surface area contributed by atoms with Crippen molar-refractivity contribution in [1.82, 2.24) is 10.2 Å². The first-order valence-corrected chi connectivity index (χ1v) is 11.9. The van der Waals surface area contributed by atoms with Crippen molar-refractivity contribution in [3.8, 4) is 5.75 Å². The third-order valence-corrected chi connectivity index (χ3v) is 6.53. The topological polar surface area (TPSA) is 88.1 Å². The van der Waals surface area contributed by atoms with Crippen LogP contribution < -0.4 is 10.1 Å². The van der Waals surface area contributed by atoms with Gasteiger partial charge in [0, 0.05) is 25.7 Å². The number of aliphatic hydroxyl groups is 1. The molecule has 0 bridgehead atoms. The van der Waals surface area contributed by atoms with E-state index in [9.17, 15) is 14.0 Å². The molecule has 33 heavy (non-hydrogen) atoms. The van der Waals surface area contributed by atoms with E-state index in [4.69, 9.17) is 14.6 Å². The van der Waals surface area contributed by atoms with Crippen LogP contribution in [0, 0.1) is 17.2 Å². The number of carbonyl (C=O) groups is 2. The van der Waals surface area contributed by atoms with Crippen molar-refractivity contribution in [2.75, 3.05) is 32.8 Å². The zero-order valence-electron chi connectivity index (χ0n) is 20.0. The summed E-state index contributed by atoms with van der Waals surface area (Å²) in [5, 5.41) is 11.2. The Bertz CT molecular complexity index is 823. The van der Waals surface area contributed by atoms with Crippen LogP contribution in [-0.2, 0) is 4.74 Å². The van der Waals surface area contributed by atoms with Crippen molar-refractivity contribution < 1.29 is 28.6 Å². The lowest BCUT2D eigenvalue weighted by Gasteiger charge is -2.52. The molecule has 1 heterocycles. The highest BCUT2D eigenvalue weighted by molar-refractivity contribution is 5.94. The monoisotopic (exact) mass is 464 g/mol. The number of amides is 2. The van der Waals surface area contributed by atoms with Gasteiger partial charge in [-0.15, -0.1) is 0 Å².